The van der Waals surface area contributed by atoms with Gasteiger partial charge in [-0.15, -0.1) is 0 Å². The van der Waals surface area contributed by atoms with E-state index in [0.29, 0.717) is 5.39 Å². The van der Waals surface area contributed by atoms with Crippen molar-refractivity contribution in [1.82, 2.24) is 24.6 Å². The Labute approximate surface area is 257 Å². The van der Waals surface area contributed by atoms with Crippen molar-refractivity contribution in [2.45, 2.75) is 62.7 Å². The van der Waals surface area contributed by atoms with Crippen LogP contribution < -0.4 is 15.3 Å². The Morgan fingerprint density at radius 3 is 2.70 bits per heavy atom. The summed E-state index contributed by atoms with van der Waals surface area (Å²) in [4.78, 5) is 24.8. The van der Waals surface area contributed by atoms with E-state index in [1.165, 1.54) is 10.9 Å². The van der Waals surface area contributed by atoms with Crippen LogP contribution in [-0.2, 0) is 23.4 Å². The second-order valence-electron chi connectivity index (χ2n) is 10.7. The van der Waals surface area contributed by atoms with Crippen molar-refractivity contribution < 1.29 is 38.1 Å². The van der Waals surface area contributed by atoms with Gasteiger partial charge in [-0.05, 0) is 48.7 Å². The highest BCUT2D eigenvalue weighted by molar-refractivity contribution is 7.52. The summed E-state index contributed by atoms with van der Waals surface area (Å²) in [6, 6.07) is 12.6. The average molecular weight is 647 g/mol. The van der Waals surface area contributed by atoms with Gasteiger partial charge in [0, 0.05) is 5.39 Å². The van der Waals surface area contributed by atoms with Crippen molar-refractivity contribution in [2.24, 2.45) is 0 Å². The van der Waals surface area contributed by atoms with Gasteiger partial charge in [-0.2, -0.15) is 0 Å². The summed E-state index contributed by atoms with van der Waals surface area (Å²) in [6.45, 7) is -0.946. The van der Waals surface area contributed by atoms with E-state index < -0.39 is 51.4 Å². The van der Waals surface area contributed by atoms with Crippen molar-refractivity contribution in [2.75, 3.05) is 18.9 Å². The van der Waals surface area contributed by atoms with Gasteiger partial charge in [0.25, 0.3) is 0 Å². The first-order chi connectivity index (χ1) is 21.2. The van der Waals surface area contributed by atoms with Gasteiger partial charge in [-0.1, -0.05) is 42.8 Å². The second kappa shape index (κ2) is 12.9. The molecule has 2 fully saturated rings. The number of imidazole rings is 1. The maximum absolute atomic E-state index is 14.1. The highest BCUT2D eigenvalue weighted by Gasteiger charge is 2.46. The number of nitrogens with zero attached hydrogens (tertiary/aromatic N) is 4. The molecule has 0 spiro atoms. The molecule has 3 heterocycles. The van der Waals surface area contributed by atoms with Crippen LogP contribution in [0.4, 0.5) is 5.82 Å². The van der Waals surface area contributed by atoms with E-state index >= 15 is 0 Å². The molecule has 234 valence electrons. The van der Waals surface area contributed by atoms with E-state index in [-0.39, 0.29) is 34.1 Å². The molecule has 44 heavy (non-hydrogen) atoms. The number of ether oxygens (including phenoxy) is 2. The lowest BCUT2D eigenvalue weighted by molar-refractivity contribution is -0.149. The minimum absolute atomic E-state index is 0.0724. The van der Waals surface area contributed by atoms with Crippen molar-refractivity contribution in [3.05, 3.63) is 54.1 Å². The zero-order valence-corrected chi connectivity index (χ0v) is 25.1. The Bertz CT molecular complexity index is 1700. The number of nitrogens with one attached hydrogen (secondary N) is 1. The number of aliphatic hydroxyl groups is 2. The molecule has 1 saturated heterocycles. The standard InChI is InChI=1S/C28H32ClN6O8P/c29-28-34-22-25(30)31-15-32-26(22)35(28)27-24(38)23(37)20(42-27)14-40-44(39,33-13-21(36)41-17-9-2-1-3-10-17)43-19-12-6-8-16-7-4-5-11-18(16)19/h4-8,11-12,15,17,20,23-24,27,37-38H,1-3,9-10,13-14H2,(H,33,39)(H2,30,31,32)/t20-,23+,24?,27-,44?/m1/s1. The third kappa shape index (κ3) is 6.38. The summed E-state index contributed by atoms with van der Waals surface area (Å²) >= 11 is 6.31. The summed E-state index contributed by atoms with van der Waals surface area (Å²) in [5.41, 5.74) is 6.26. The van der Waals surface area contributed by atoms with Gasteiger partial charge >= 0.3 is 13.7 Å². The molecule has 2 aliphatic rings. The second-order valence-corrected chi connectivity index (χ2v) is 12.8. The zero-order chi connectivity index (χ0) is 30.8. The molecule has 0 bridgehead atoms. The minimum Gasteiger partial charge on any atom is -0.461 e. The number of halogens is 1. The van der Waals surface area contributed by atoms with E-state index in [1.54, 1.807) is 18.2 Å². The molecule has 16 heteroatoms. The van der Waals surface area contributed by atoms with Crippen molar-refractivity contribution in [3.8, 4) is 5.75 Å². The SMILES string of the molecule is Nc1ncnc2c1nc(Cl)n2[C@@H]1O[C@H](COP(=O)(NCC(=O)OC2CCCCC2)Oc2cccc3ccccc23)[C@H](O)C1O. The highest BCUT2D eigenvalue weighted by Crippen LogP contribution is 2.47. The molecule has 2 aromatic heterocycles. The summed E-state index contributed by atoms with van der Waals surface area (Å²) < 4.78 is 38.5. The molecule has 5 atom stereocenters. The number of carbonyl (C=O) groups is 1. The molecule has 4 aromatic rings. The molecule has 1 saturated carbocycles. The van der Waals surface area contributed by atoms with Crippen LogP contribution in [0.15, 0.2) is 48.8 Å². The van der Waals surface area contributed by atoms with Crippen molar-refractivity contribution in [1.29, 1.82) is 0 Å². The van der Waals surface area contributed by atoms with Crippen LogP contribution in [0.1, 0.15) is 38.3 Å². The smallest absolute Gasteiger partial charge is 0.459 e. The lowest BCUT2D eigenvalue weighted by Crippen LogP contribution is -2.35. The van der Waals surface area contributed by atoms with E-state index in [2.05, 4.69) is 20.0 Å². The molecule has 1 aliphatic carbocycles. The third-order valence-corrected chi connectivity index (χ3v) is 9.44. The van der Waals surface area contributed by atoms with Gasteiger partial charge in [0.2, 0.25) is 5.28 Å². The van der Waals surface area contributed by atoms with Crippen LogP contribution in [0.2, 0.25) is 5.28 Å². The van der Waals surface area contributed by atoms with Crippen LogP contribution in [0, 0.1) is 0 Å². The lowest BCUT2D eigenvalue weighted by atomic mass is 9.98. The number of rotatable bonds is 10. The predicted molar refractivity (Wildman–Crippen MR) is 160 cm³/mol. The normalized spacial score (nSPS) is 24.0. The minimum atomic E-state index is -4.29. The highest BCUT2D eigenvalue weighted by atomic mass is 35.5. The van der Waals surface area contributed by atoms with E-state index in [0.717, 1.165) is 37.5 Å². The van der Waals surface area contributed by atoms with Gasteiger partial charge in [-0.3, -0.25) is 13.9 Å². The number of hydrogen-bond acceptors (Lipinski definition) is 12. The summed E-state index contributed by atoms with van der Waals surface area (Å²) in [6.07, 6.45) is 0.225. The van der Waals surface area contributed by atoms with E-state index in [4.69, 9.17) is 35.9 Å². The predicted octanol–water partition coefficient (Wildman–Crippen LogP) is 3.50. The number of fused-ring (bicyclic) bond motifs is 2. The summed E-state index contributed by atoms with van der Waals surface area (Å²) in [5, 5.41) is 25.7. The Hall–Kier alpha value is -3.36. The van der Waals surface area contributed by atoms with Crippen LogP contribution in [0.25, 0.3) is 21.9 Å². The monoisotopic (exact) mass is 646 g/mol. The van der Waals surface area contributed by atoms with E-state index in [9.17, 15) is 19.6 Å². The number of aromatic nitrogens is 4. The van der Waals surface area contributed by atoms with Crippen molar-refractivity contribution >= 4 is 53.1 Å². The van der Waals surface area contributed by atoms with Crippen molar-refractivity contribution in [3.63, 3.8) is 0 Å². The van der Waals surface area contributed by atoms with Crippen LogP contribution in [0.3, 0.4) is 0 Å². The number of hydrogen-bond donors (Lipinski definition) is 4. The van der Waals surface area contributed by atoms with Gasteiger partial charge in [0.1, 0.15) is 43.0 Å². The lowest BCUT2D eigenvalue weighted by Gasteiger charge is -2.24. The maximum Gasteiger partial charge on any atom is 0.459 e. The number of nitrogen functional groups attached to an aromatic ring is 1. The van der Waals surface area contributed by atoms with Gasteiger partial charge in [0.05, 0.1) is 6.61 Å². The van der Waals surface area contributed by atoms with Gasteiger partial charge in [-0.25, -0.2) is 24.6 Å². The topological polar surface area (TPSA) is 193 Å². The van der Waals surface area contributed by atoms with Crippen LogP contribution >= 0.6 is 19.3 Å². The molecular weight excluding hydrogens is 615 g/mol. The third-order valence-electron chi connectivity index (χ3n) is 7.70. The number of esters is 1. The number of anilines is 1. The van der Waals surface area contributed by atoms with E-state index in [1.807, 2.05) is 24.3 Å². The molecule has 14 nitrogen and oxygen atoms in total. The molecule has 1 aliphatic heterocycles. The Morgan fingerprint density at radius 2 is 1.89 bits per heavy atom. The molecule has 2 unspecified atom stereocenters. The fourth-order valence-electron chi connectivity index (χ4n) is 5.46. The molecule has 6 rings (SSSR count). The largest absolute Gasteiger partial charge is 0.461 e. The first-order valence-corrected chi connectivity index (χ1v) is 16.2. The molecule has 0 radical (unpaired) electrons. The Morgan fingerprint density at radius 1 is 1.11 bits per heavy atom. The molecule has 2 aromatic carbocycles. The van der Waals surface area contributed by atoms with Crippen LogP contribution in [-0.4, -0.2) is 73.3 Å². The average Bonchev–Trinajstić information content (AvgIpc) is 3.51. The first-order valence-electron chi connectivity index (χ1n) is 14.2. The fraction of sp³-hybridized carbons (Fsp3) is 0.429. The molecule has 0 amide bonds. The van der Waals surface area contributed by atoms with Gasteiger partial charge < -0.3 is 29.9 Å². The Balaban J connectivity index is 1.20. The maximum atomic E-state index is 14.1. The quantitative estimate of drug-likeness (QED) is 0.111. The molecule has 5 N–H and O–H groups in total. The number of aliphatic hydroxyl groups excluding tert-OH is 2. The molecular formula is C28H32ClN6O8P. The zero-order valence-electron chi connectivity index (χ0n) is 23.5. The number of benzene rings is 2. The number of carbonyl (C=O) groups excluding carboxylic acids is 1. The Kier molecular flexibility index (Phi) is 9.01. The fourth-order valence-corrected chi connectivity index (χ4v) is 7.01. The first kappa shape index (κ1) is 30.7. The summed E-state index contributed by atoms with van der Waals surface area (Å²) in [5.74, 6) is -0.278. The van der Waals surface area contributed by atoms with Gasteiger partial charge in [0.15, 0.2) is 23.2 Å². The van der Waals surface area contributed by atoms with Crippen LogP contribution in [0.5, 0.6) is 5.75 Å². The summed E-state index contributed by atoms with van der Waals surface area (Å²) in [7, 11) is -4.29. The number of nitrogens with two attached hydrogens (primary N) is 1.